The molecule has 24 heavy (non-hydrogen) atoms. The van der Waals surface area contributed by atoms with E-state index in [2.05, 4.69) is 15.1 Å². The first-order chi connectivity index (χ1) is 11.6. The average molecular weight is 326 g/mol. The summed E-state index contributed by atoms with van der Waals surface area (Å²) < 4.78 is 10.5. The van der Waals surface area contributed by atoms with E-state index in [-0.39, 0.29) is 12.3 Å². The molecule has 0 aliphatic rings. The standard InChI is InChI=1S/C17H18N4O3/c1-11-7-12(2)20-14(8-11)15(9-18)21-24-10-13-16(22-3)5-6-19-17(13)23-4/h5-8H,10H2,1-4H3/b21-15-. The molecule has 0 N–H and O–H groups in total. The zero-order valence-corrected chi connectivity index (χ0v) is 14.0. The van der Waals surface area contributed by atoms with Gasteiger partial charge in [-0.3, -0.25) is 4.98 Å². The Balaban J connectivity index is 2.22. The lowest BCUT2D eigenvalue weighted by Gasteiger charge is -2.10. The first-order valence-corrected chi connectivity index (χ1v) is 7.20. The third kappa shape index (κ3) is 3.98. The number of methoxy groups -OCH3 is 2. The fraction of sp³-hybridized carbons (Fsp3) is 0.294. The van der Waals surface area contributed by atoms with Gasteiger partial charge in [-0.25, -0.2) is 4.98 Å². The first-order valence-electron chi connectivity index (χ1n) is 7.20. The highest BCUT2D eigenvalue weighted by molar-refractivity contribution is 6.10. The summed E-state index contributed by atoms with van der Waals surface area (Å²) in [5, 5.41) is 13.2. The van der Waals surface area contributed by atoms with Crippen molar-refractivity contribution in [2.45, 2.75) is 20.5 Å². The number of rotatable bonds is 6. The zero-order valence-electron chi connectivity index (χ0n) is 14.0. The Morgan fingerprint density at radius 2 is 2.04 bits per heavy atom. The van der Waals surface area contributed by atoms with Crippen LogP contribution in [0.25, 0.3) is 0 Å². The van der Waals surface area contributed by atoms with Gasteiger partial charge < -0.3 is 14.3 Å². The molecule has 2 rings (SSSR count). The predicted molar refractivity (Wildman–Crippen MR) is 88.0 cm³/mol. The molecule has 0 saturated heterocycles. The monoisotopic (exact) mass is 326 g/mol. The molecule has 0 spiro atoms. The molecule has 2 aromatic rings. The largest absolute Gasteiger partial charge is 0.496 e. The highest BCUT2D eigenvalue weighted by Crippen LogP contribution is 2.26. The summed E-state index contributed by atoms with van der Waals surface area (Å²) in [6.45, 7) is 3.84. The van der Waals surface area contributed by atoms with E-state index in [0.29, 0.717) is 22.9 Å². The summed E-state index contributed by atoms with van der Waals surface area (Å²) in [5.74, 6) is 0.952. The van der Waals surface area contributed by atoms with Crippen LogP contribution in [0.1, 0.15) is 22.5 Å². The van der Waals surface area contributed by atoms with Crippen molar-refractivity contribution in [2.24, 2.45) is 5.16 Å². The fourth-order valence-electron chi connectivity index (χ4n) is 2.21. The van der Waals surface area contributed by atoms with Gasteiger partial charge in [0.25, 0.3) is 0 Å². The Morgan fingerprint density at radius 1 is 1.25 bits per heavy atom. The molecule has 2 aromatic heterocycles. The van der Waals surface area contributed by atoms with Gasteiger partial charge in [0.1, 0.15) is 17.5 Å². The van der Waals surface area contributed by atoms with Crippen molar-refractivity contribution >= 4 is 5.71 Å². The molecule has 7 heteroatoms. The normalized spacial score (nSPS) is 10.9. The number of hydrogen-bond donors (Lipinski definition) is 0. The van der Waals surface area contributed by atoms with Gasteiger partial charge in [-0.05, 0) is 37.6 Å². The van der Waals surface area contributed by atoms with E-state index >= 15 is 0 Å². The summed E-state index contributed by atoms with van der Waals surface area (Å²) >= 11 is 0. The summed E-state index contributed by atoms with van der Waals surface area (Å²) in [6.07, 6.45) is 1.57. The van der Waals surface area contributed by atoms with E-state index in [1.165, 1.54) is 7.11 Å². The van der Waals surface area contributed by atoms with Crippen LogP contribution in [0, 0.1) is 25.2 Å². The molecule has 0 aliphatic carbocycles. The van der Waals surface area contributed by atoms with Crippen LogP contribution in [0.4, 0.5) is 0 Å². The topological polar surface area (TPSA) is 89.6 Å². The molecule has 2 heterocycles. The molecular weight excluding hydrogens is 308 g/mol. The Hall–Kier alpha value is -3.14. The number of aryl methyl sites for hydroxylation is 2. The van der Waals surface area contributed by atoms with Crippen LogP contribution in [0.15, 0.2) is 29.6 Å². The highest BCUT2D eigenvalue weighted by Gasteiger charge is 2.13. The van der Waals surface area contributed by atoms with E-state index in [4.69, 9.17) is 14.3 Å². The van der Waals surface area contributed by atoms with E-state index < -0.39 is 0 Å². The van der Waals surface area contributed by atoms with Crippen molar-refractivity contribution < 1.29 is 14.3 Å². The van der Waals surface area contributed by atoms with E-state index in [1.54, 1.807) is 25.4 Å². The van der Waals surface area contributed by atoms with Crippen LogP contribution in [-0.4, -0.2) is 29.9 Å². The molecule has 0 bridgehead atoms. The van der Waals surface area contributed by atoms with Gasteiger partial charge in [-0.1, -0.05) is 5.16 Å². The van der Waals surface area contributed by atoms with Gasteiger partial charge in [0.2, 0.25) is 11.6 Å². The minimum absolute atomic E-state index is 0.0518. The summed E-state index contributed by atoms with van der Waals surface area (Å²) in [4.78, 5) is 13.7. The fourth-order valence-corrected chi connectivity index (χ4v) is 2.21. The summed E-state index contributed by atoms with van der Waals surface area (Å²) in [5.41, 5.74) is 2.99. The molecule has 124 valence electrons. The van der Waals surface area contributed by atoms with Crippen molar-refractivity contribution in [1.29, 1.82) is 5.26 Å². The van der Waals surface area contributed by atoms with Crippen molar-refractivity contribution in [3.63, 3.8) is 0 Å². The molecule has 0 unspecified atom stereocenters. The van der Waals surface area contributed by atoms with E-state index in [0.717, 1.165) is 11.3 Å². The van der Waals surface area contributed by atoms with Crippen LogP contribution in [0.5, 0.6) is 11.6 Å². The maximum absolute atomic E-state index is 9.30. The van der Waals surface area contributed by atoms with Gasteiger partial charge in [0, 0.05) is 11.9 Å². The predicted octanol–water partition coefficient (Wildman–Crippen LogP) is 2.56. The Morgan fingerprint density at radius 3 is 2.67 bits per heavy atom. The SMILES string of the molecule is COc1ccnc(OC)c1CO/N=C(/C#N)c1cc(C)cc(C)n1. The van der Waals surface area contributed by atoms with Gasteiger partial charge in [0.05, 0.1) is 19.8 Å². The van der Waals surface area contributed by atoms with Gasteiger partial charge in [-0.15, -0.1) is 0 Å². The minimum atomic E-state index is 0.0518. The van der Waals surface area contributed by atoms with Crippen LogP contribution < -0.4 is 9.47 Å². The second-order valence-electron chi connectivity index (χ2n) is 5.00. The number of nitriles is 1. The molecule has 0 aromatic carbocycles. The number of hydrogen-bond acceptors (Lipinski definition) is 7. The van der Waals surface area contributed by atoms with Crippen molar-refractivity contribution in [1.82, 2.24) is 9.97 Å². The number of aromatic nitrogens is 2. The highest BCUT2D eigenvalue weighted by atomic mass is 16.6. The molecule has 0 amide bonds. The third-order valence-corrected chi connectivity index (χ3v) is 3.20. The lowest BCUT2D eigenvalue weighted by Crippen LogP contribution is -2.05. The maximum Gasteiger partial charge on any atom is 0.223 e. The van der Waals surface area contributed by atoms with Crippen LogP contribution >= 0.6 is 0 Å². The molecule has 0 fully saturated rings. The molecular formula is C17H18N4O3. The Labute approximate surface area is 140 Å². The average Bonchev–Trinajstić information content (AvgIpc) is 2.57. The smallest absolute Gasteiger partial charge is 0.223 e. The molecule has 0 saturated carbocycles. The molecule has 7 nitrogen and oxygen atoms in total. The summed E-state index contributed by atoms with van der Waals surface area (Å²) in [7, 11) is 3.05. The zero-order chi connectivity index (χ0) is 17.5. The van der Waals surface area contributed by atoms with Crippen LogP contribution in [0.2, 0.25) is 0 Å². The number of oxime groups is 1. The molecule has 0 radical (unpaired) electrons. The Kier molecular flexibility index (Phi) is 5.68. The Bertz CT molecular complexity index is 754. The first kappa shape index (κ1) is 17.2. The number of ether oxygens (including phenoxy) is 2. The second-order valence-corrected chi connectivity index (χ2v) is 5.00. The van der Waals surface area contributed by atoms with Crippen molar-refractivity contribution in [3.8, 4) is 17.7 Å². The van der Waals surface area contributed by atoms with Crippen LogP contribution in [0.3, 0.4) is 0 Å². The van der Waals surface area contributed by atoms with E-state index in [9.17, 15) is 5.26 Å². The van der Waals surface area contributed by atoms with Gasteiger partial charge in [0.15, 0.2) is 6.61 Å². The van der Waals surface area contributed by atoms with Crippen molar-refractivity contribution in [3.05, 3.63) is 46.9 Å². The van der Waals surface area contributed by atoms with Crippen LogP contribution in [-0.2, 0) is 11.4 Å². The summed E-state index contributed by atoms with van der Waals surface area (Å²) in [6, 6.07) is 7.40. The quantitative estimate of drug-likeness (QED) is 0.598. The number of pyridine rings is 2. The van der Waals surface area contributed by atoms with E-state index in [1.807, 2.05) is 26.0 Å². The maximum atomic E-state index is 9.30. The lowest BCUT2D eigenvalue weighted by molar-refractivity contribution is 0.126. The van der Waals surface area contributed by atoms with Gasteiger partial charge in [-0.2, -0.15) is 5.26 Å². The van der Waals surface area contributed by atoms with Crippen molar-refractivity contribution in [2.75, 3.05) is 14.2 Å². The second kappa shape index (κ2) is 7.92. The molecule has 0 atom stereocenters. The number of nitrogens with zero attached hydrogens (tertiary/aromatic N) is 4. The lowest BCUT2D eigenvalue weighted by atomic mass is 10.2. The van der Waals surface area contributed by atoms with Gasteiger partial charge >= 0.3 is 0 Å². The third-order valence-electron chi connectivity index (χ3n) is 3.20. The molecule has 0 aliphatic heterocycles. The minimum Gasteiger partial charge on any atom is -0.496 e.